The molecule has 0 radical (unpaired) electrons. The Labute approximate surface area is 99.4 Å². The molecule has 0 bridgehead atoms. The Kier molecular flexibility index (Phi) is 3.78. The molecule has 1 fully saturated rings. The Bertz CT molecular complexity index is 317. The molecule has 0 spiro atoms. The molecule has 15 heavy (non-hydrogen) atoms. The Morgan fingerprint density at radius 3 is 2.27 bits per heavy atom. The van der Waals surface area contributed by atoms with Crippen LogP contribution in [0.4, 0.5) is 0 Å². The summed E-state index contributed by atoms with van der Waals surface area (Å²) in [5, 5.41) is 0.837. The van der Waals surface area contributed by atoms with E-state index in [2.05, 4.69) is 14.9 Å². The summed E-state index contributed by atoms with van der Waals surface area (Å²) in [5.41, 5.74) is 0. The first kappa shape index (κ1) is 11.1. The van der Waals surface area contributed by atoms with Gasteiger partial charge in [0.05, 0.1) is 6.54 Å². The Morgan fingerprint density at radius 1 is 1.07 bits per heavy atom. The molecule has 1 saturated heterocycles. The minimum absolute atomic E-state index is 0.419. The molecule has 0 N–H and O–H groups in total. The molecule has 1 aromatic heterocycles. The van der Waals surface area contributed by atoms with Crippen molar-refractivity contribution in [3.8, 4) is 0 Å². The van der Waals surface area contributed by atoms with Crippen LogP contribution in [0, 0.1) is 0 Å². The lowest BCUT2D eigenvalue weighted by atomic mass is 10.1. The summed E-state index contributed by atoms with van der Waals surface area (Å²) >= 11 is 11.6. The van der Waals surface area contributed by atoms with Crippen LogP contribution in [0.3, 0.4) is 0 Å². The van der Waals surface area contributed by atoms with Crippen molar-refractivity contribution in [2.24, 2.45) is 0 Å². The lowest BCUT2D eigenvalue weighted by Gasteiger charge is -2.25. The number of rotatable bonds is 2. The fraction of sp³-hybridized carbons (Fsp3) is 0.600. The average molecular weight is 246 g/mol. The molecule has 2 rings (SSSR count). The van der Waals surface area contributed by atoms with E-state index < -0.39 is 0 Å². The van der Waals surface area contributed by atoms with E-state index in [1.165, 1.54) is 19.3 Å². The van der Waals surface area contributed by atoms with Crippen LogP contribution in [0.15, 0.2) is 6.07 Å². The van der Waals surface area contributed by atoms with Gasteiger partial charge in [0.15, 0.2) is 0 Å². The number of likely N-dealkylation sites (tertiary alicyclic amines) is 1. The SMILES string of the molecule is Clc1cc(Cl)nc(CN2CCCCC2)n1. The lowest BCUT2D eigenvalue weighted by molar-refractivity contribution is 0.216. The molecule has 0 atom stereocenters. The Morgan fingerprint density at radius 2 is 1.67 bits per heavy atom. The van der Waals surface area contributed by atoms with Gasteiger partial charge in [0, 0.05) is 6.07 Å². The number of aromatic nitrogens is 2. The van der Waals surface area contributed by atoms with Crippen molar-refractivity contribution in [1.82, 2.24) is 14.9 Å². The topological polar surface area (TPSA) is 29.0 Å². The second-order valence-electron chi connectivity index (χ2n) is 3.77. The molecule has 0 unspecified atom stereocenters. The second-order valence-corrected chi connectivity index (χ2v) is 4.54. The van der Waals surface area contributed by atoms with Crippen molar-refractivity contribution in [3.63, 3.8) is 0 Å². The van der Waals surface area contributed by atoms with Crippen LogP contribution in [0.25, 0.3) is 0 Å². The normalized spacial score (nSPS) is 18.0. The van der Waals surface area contributed by atoms with E-state index in [9.17, 15) is 0 Å². The summed E-state index contributed by atoms with van der Waals surface area (Å²) in [6.07, 6.45) is 3.84. The third-order valence-corrected chi connectivity index (χ3v) is 2.91. The van der Waals surface area contributed by atoms with E-state index in [0.29, 0.717) is 10.3 Å². The smallest absolute Gasteiger partial charge is 0.145 e. The van der Waals surface area contributed by atoms with E-state index in [0.717, 1.165) is 25.5 Å². The first-order chi connectivity index (χ1) is 7.24. The minimum Gasteiger partial charge on any atom is -0.296 e. The molecule has 0 aromatic carbocycles. The Hall–Kier alpha value is -0.380. The van der Waals surface area contributed by atoms with Gasteiger partial charge in [0.25, 0.3) is 0 Å². The van der Waals surface area contributed by atoms with Gasteiger partial charge in [-0.3, -0.25) is 4.90 Å². The summed E-state index contributed by atoms with van der Waals surface area (Å²) in [4.78, 5) is 10.7. The maximum Gasteiger partial charge on any atom is 0.145 e. The molecule has 0 aliphatic carbocycles. The number of hydrogen-bond acceptors (Lipinski definition) is 3. The summed E-state index contributed by atoms with van der Waals surface area (Å²) < 4.78 is 0. The van der Waals surface area contributed by atoms with Gasteiger partial charge in [-0.2, -0.15) is 0 Å². The van der Waals surface area contributed by atoms with Gasteiger partial charge in [-0.15, -0.1) is 0 Å². The number of nitrogens with zero attached hydrogens (tertiary/aromatic N) is 3. The van der Waals surface area contributed by atoms with Crippen LogP contribution in [-0.4, -0.2) is 28.0 Å². The van der Waals surface area contributed by atoms with Crippen LogP contribution in [-0.2, 0) is 6.54 Å². The van der Waals surface area contributed by atoms with Gasteiger partial charge in [-0.05, 0) is 25.9 Å². The molecular formula is C10H13Cl2N3. The van der Waals surface area contributed by atoms with Crippen LogP contribution >= 0.6 is 23.2 Å². The molecular weight excluding hydrogens is 233 g/mol. The highest BCUT2D eigenvalue weighted by Gasteiger charge is 2.12. The Balaban J connectivity index is 2.02. The molecule has 2 heterocycles. The van der Waals surface area contributed by atoms with E-state index in [-0.39, 0.29) is 0 Å². The first-order valence-electron chi connectivity index (χ1n) is 5.15. The molecule has 1 aromatic rings. The first-order valence-corrected chi connectivity index (χ1v) is 5.91. The van der Waals surface area contributed by atoms with Crippen molar-refractivity contribution >= 4 is 23.2 Å². The second kappa shape index (κ2) is 5.10. The van der Waals surface area contributed by atoms with E-state index in [1.54, 1.807) is 6.07 Å². The summed E-state index contributed by atoms with van der Waals surface area (Å²) in [6, 6.07) is 1.56. The average Bonchev–Trinajstić information content (AvgIpc) is 2.17. The molecule has 1 aliphatic heterocycles. The summed E-state index contributed by atoms with van der Waals surface area (Å²) in [5.74, 6) is 0.717. The number of hydrogen-bond donors (Lipinski definition) is 0. The molecule has 82 valence electrons. The monoisotopic (exact) mass is 245 g/mol. The van der Waals surface area contributed by atoms with Crippen molar-refractivity contribution in [1.29, 1.82) is 0 Å². The summed E-state index contributed by atoms with van der Waals surface area (Å²) in [6.45, 7) is 2.99. The van der Waals surface area contributed by atoms with Gasteiger partial charge in [-0.25, -0.2) is 9.97 Å². The quantitative estimate of drug-likeness (QED) is 0.751. The highest BCUT2D eigenvalue weighted by atomic mass is 35.5. The highest BCUT2D eigenvalue weighted by Crippen LogP contribution is 2.15. The standard InChI is InChI=1S/C10H13Cl2N3/c11-8-6-9(12)14-10(13-8)7-15-4-2-1-3-5-15/h6H,1-5,7H2. The van der Waals surface area contributed by atoms with Crippen molar-refractivity contribution in [2.75, 3.05) is 13.1 Å². The number of piperidine rings is 1. The van der Waals surface area contributed by atoms with Gasteiger partial charge in [0.2, 0.25) is 0 Å². The van der Waals surface area contributed by atoms with Crippen LogP contribution in [0.5, 0.6) is 0 Å². The maximum absolute atomic E-state index is 5.81. The molecule has 0 saturated carbocycles. The van der Waals surface area contributed by atoms with Crippen LogP contribution in [0.1, 0.15) is 25.1 Å². The largest absolute Gasteiger partial charge is 0.296 e. The van der Waals surface area contributed by atoms with Gasteiger partial charge >= 0.3 is 0 Å². The van der Waals surface area contributed by atoms with Crippen LogP contribution < -0.4 is 0 Å². The molecule has 1 aliphatic rings. The minimum atomic E-state index is 0.419. The molecule has 3 nitrogen and oxygen atoms in total. The summed E-state index contributed by atoms with van der Waals surface area (Å²) in [7, 11) is 0. The lowest BCUT2D eigenvalue weighted by Crippen LogP contribution is -2.29. The highest BCUT2D eigenvalue weighted by molar-refractivity contribution is 6.33. The van der Waals surface area contributed by atoms with Crippen molar-refractivity contribution in [2.45, 2.75) is 25.8 Å². The van der Waals surface area contributed by atoms with Gasteiger partial charge in [-0.1, -0.05) is 29.6 Å². The van der Waals surface area contributed by atoms with Crippen molar-refractivity contribution in [3.05, 3.63) is 22.2 Å². The fourth-order valence-corrected chi connectivity index (χ4v) is 2.28. The maximum atomic E-state index is 5.81. The van der Waals surface area contributed by atoms with Gasteiger partial charge in [0.1, 0.15) is 16.1 Å². The zero-order valence-corrected chi connectivity index (χ0v) is 9.93. The predicted octanol–water partition coefficient (Wildman–Crippen LogP) is 2.77. The zero-order chi connectivity index (χ0) is 10.7. The van der Waals surface area contributed by atoms with E-state index in [4.69, 9.17) is 23.2 Å². The van der Waals surface area contributed by atoms with Crippen molar-refractivity contribution < 1.29 is 0 Å². The molecule has 0 amide bonds. The third kappa shape index (κ3) is 3.30. The molecule has 5 heteroatoms. The third-order valence-electron chi connectivity index (χ3n) is 2.52. The van der Waals surface area contributed by atoms with E-state index in [1.807, 2.05) is 0 Å². The predicted molar refractivity (Wildman–Crippen MR) is 61.2 cm³/mol. The zero-order valence-electron chi connectivity index (χ0n) is 8.42. The number of halogens is 2. The van der Waals surface area contributed by atoms with Gasteiger partial charge < -0.3 is 0 Å². The van der Waals surface area contributed by atoms with Crippen LogP contribution in [0.2, 0.25) is 10.3 Å². The van der Waals surface area contributed by atoms with E-state index >= 15 is 0 Å². The fourth-order valence-electron chi connectivity index (χ4n) is 1.82.